The number of aryl methyl sites for hydroxylation is 1. The number of hydrogen-bond acceptors (Lipinski definition) is 4. The Morgan fingerprint density at radius 1 is 1.00 bits per heavy atom. The van der Waals surface area contributed by atoms with E-state index in [1.54, 1.807) is 30.3 Å². The van der Waals surface area contributed by atoms with Gasteiger partial charge in [-0.05, 0) is 18.6 Å². The Kier molecular flexibility index (Phi) is 3.50. The maximum absolute atomic E-state index is 12.1. The molecule has 0 saturated carbocycles. The summed E-state index contributed by atoms with van der Waals surface area (Å²) in [5, 5.41) is 0. The topological polar surface area (TPSA) is 74.3 Å². The quantitative estimate of drug-likeness (QED) is 0.635. The second kappa shape index (κ2) is 4.95. The lowest BCUT2D eigenvalue weighted by atomic mass is 10.0. The van der Waals surface area contributed by atoms with Gasteiger partial charge in [-0.2, -0.15) is 0 Å². The van der Waals surface area contributed by atoms with Crippen LogP contribution in [-0.2, 0) is 10.1 Å². The van der Waals surface area contributed by atoms with Crippen molar-refractivity contribution in [3.8, 4) is 0 Å². The van der Waals surface area contributed by atoms with Gasteiger partial charge in [0.2, 0.25) is 0 Å². The van der Waals surface area contributed by atoms with Crippen LogP contribution in [-0.4, -0.2) is 18.8 Å². The smallest absolute Gasteiger partial charge is 0.193 e. The molecule has 0 unspecified atom stereocenters. The first kappa shape index (κ1) is 13.5. The SMILES string of the molecule is Cc1ccc(C(=O)c2ccccc2)cc1S(=O)(=O)[O-]. The fourth-order valence-electron chi connectivity index (χ4n) is 1.77. The summed E-state index contributed by atoms with van der Waals surface area (Å²) in [6.45, 7) is 1.52. The van der Waals surface area contributed by atoms with Crippen LogP contribution in [0.3, 0.4) is 0 Å². The van der Waals surface area contributed by atoms with E-state index < -0.39 is 10.1 Å². The molecule has 0 N–H and O–H groups in total. The van der Waals surface area contributed by atoms with Crippen LogP contribution in [0.2, 0.25) is 0 Å². The van der Waals surface area contributed by atoms with E-state index in [1.165, 1.54) is 19.1 Å². The van der Waals surface area contributed by atoms with E-state index >= 15 is 0 Å². The van der Waals surface area contributed by atoms with E-state index in [4.69, 9.17) is 0 Å². The number of hydrogen-bond donors (Lipinski definition) is 0. The number of carbonyl (C=O) groups is 1. The third-order valence-corrected chi connectivity index (χ3v) is 3.73. The van der Waals surface area contributed by atoms with Gasteiger partial charge in [-0.3, -0.25) is 4.79 Å². The molecule has 2 rings (SSSR count). The lowest BCUT2D eigenvalue weighted by molar-refractivity contribution is 0.103. The van der Waals surface area contributed by atoms with Crippen molar-refractivity contribution in [2.45, 2.75) is 11.8 Å². The Morgan fingerprint density at radius 2 is 1.63 bits per heavy atom. The zero-order valence-corrected chi connectivity index (χ0v) is 11.0. The highest BCUT2D eigenvalue weighted by atomic mass is 32.2. The molecule has 0 saturated heterocycles. The highest BCUT2D eigenvalue weighted by molar-refractivity contribution is 7.85. The fourth-order valence-corrected chi connectivity index (χ4v) is 2.50. The summed E-state index contributed by atoms with van der Waals surface area (Å²) in [5.74, 6) is -0.314. The van der Waals surface area contributed by atoms with E-state index in [2.05, 4.69) is 0 Å². The van der Waals surface area contributed by atoms with Gasteiger partial charge >= 0.3 is 0 Å². The number of carbonyl (C=O) groups excluding carboxylic acids is 1. The highest BCUT2D eigenvalue weighted by Gasteiger charge is 2.13. The van der Waals surface area contributed by atoms with Crippen molar-refractivity contribution in [3.05, 3.63) is 65.2 Å². The summed E-state index contributed by atoms with van der Waals surface area (Å²) >= 11 is 0. The van der Waals surface area contributed by atoms with Gasteiger partial charge < -0.3 is 4.55 Å². The van der Waals surface area contributed by atoms with E-state index in [-0.39, 0.29) is 16.2 Å². The molecule has 0 fully saturated rings. The number of ketones is 1. The van der Waals surface area contributed by atoms with Gasteiger partial charge in [0, 0.05) is 11.1 Å². The van der Waals surface area contributed by atoms with Crippen molar-refractivity contribution in [3.63, 3.8) is 0 Å². The predicted octanol–water partition coefficient (Wildman–Crippen LogP) is 2.13. The molecule has 19 heavy (non-hydrogen) atoms. The molecule has 0 aliphatic carbocycles. The standard InChI is InChI=1S/C14H12O4S/c1-10-7-8-12(9-13(10)19(16,17)18)14(15)11-5-3-2-4-6-11/h2-9H,1H3,(H,16,17,18)/p-1. The Labute approximate surface area is 111 Å². The van der Waals surface area contributed by atoms with Gasteiger partial charge in [0.25, 0.3) is 0 Å². The first-order valence-electron chi connectivity index (χ1n) is 5.56. The molecule has 0 aromatic heterocycles. The fraction of sp³-hybridized carbons (Fsp3) is 0.0714. The largest absolute Gasteiger partial charge is 0.744 e. The molecule has 4 nitrogen and oxygen atoms in total. The van der Waals surface area contributed by atoms with Crippen LogP contribution in [0.5, 0.6) is 0 Å². The summed E-state index contributed by atoms with van der Waals surface area (Å²) in [5.41, 5.74) is 0.964. The van der Waals surface area contributed by atoms with Crippen LogP contribution in [0.25, 0.3) is 0 Å². The molecule has 0 heterocycles. The molecule has 98 valence electrons. The highest BCUT2D eigenvalue weighted by Crippen LogP contribution is 2.19. The molecule has 2 aromatic rings. The summed E-state index contributed by atoms with van der Waals surface area (Å²) in [6, 6.07) is 12.6. The van der Waals surface area contributed by atoms with Gasteiger partial charge in [-0.15, -0.1) is 0 Å². The number of rotatable bonds is 3. The first-order chi connectivity index (χ1) is 8.89. The van der Waals surface area contributed by atoms with E-state index in [1.807, 2.05) is 0 Å². The van der Waals surface area contributed by atoms with Crippen molar-refractivity contribution >= 4 is 15.9 Å². The van der Waals surface area contributed by atoms with Gasteiger partial charge in [0.15, 0.2) is 5.78 Å². The predicted molar refractivity (Wildman–Crippen MR) is 69.0 cm³/mol. The van der Waals surface area contributed by atoms with Gasteiger partial charge in [-0.1, -0.05) is 42.5 Å². The minimum absolute atomic E-state index is 0.186. The molecule has 0 bridgehead atoms. The molecule has 0 atom stereocenters. The first-order valence-corrected chi connectivity index (χ1v) is 6.97. The van der Waals surface area contributed by atoms with E-state index in [0.29, 0.717) is 11.1 Å². The Balaban J connectivity index is 2.51. The van der Waals surface area contributed by atoms with Gasteiger partial charge in [-0.25, -0.2) is 8.42 Å². The summed E-state index contributed by atoms with van der Waals surface area (Å²) in [7, 11) is -4.57. The van der Waals surface area contributed by atoms with Crippen LogP contribution in [0.1, 0.15) is 21.5 Å². The van der Waals surface area contributed by atoms with Crippen LogP contribution in [0, 0.1) is 6.92 Å². The van der Waals surface area contributed by atoms with Crippen molar-refractivity contribution in [2.75, 3.05) is 0 Å². The minimum Gasteiger partial charge on any atom is -0.744 e. The van der Waals surface area contributed by atoms with Crippen molar-refractivity contribution in [2.24, 2.45) is 0 Å². The average Bonchev–Trinajstić information content (AvgIpc) is 2.38. The van der Waals surface area contributed by atoms with Crippen LogP contribution < -0.4 is 0 Å². The van der Waals surface area contributed by atoms with Crippen LogP contribution >= 0.6 is 0 Å². The maximum atomic E-state index is 12.1. The third kappa shape index (κ3) is 2.89. The van der Waals surface area contributed by atoms with Crippen molar-refractivity contribution < 1.29 is 17.8 Å². The molecule has 0 amide bonds. The molecule has 5 heteroatoms. The monoisotopic (exact) mass is 275 g/mol. The summed E-state index contributed by atoms with van der Waals surface area (Å²) in [4.78, 5) is 11.8. The Bertz CT molecular complexity index is 718. The Hall–Kier alpha value is -1.98. The second-order valence-corrected chi connectivity index (χ2v) is 5.48. The Morgan fingerprint density at radius 3 is 2.21 bits per heavy atom. The van der Waals surface area contributed by atoms with Crippen molar-refractivity contribution in [1.29, 1.82) is 0 Å². The summed E-state index contributed by atoms with van der Waals surface area (Å²) in [6.07, 6.45) is 0. The van der Waals surface area contributed by atoms with Gasteiger partial charge in [0.05, 0.1) is 4.90 Å². The normalized spacial score (nSPS) is 11.3. The zero-order chi connectivity index (χ0) is 14.0. The molecule has 2 aromatic carbocycles. The molecular weight excluding hydrogens is 264 g/mol. The third-order valence-electron chi connectivity index (χ3n) is 2.76. The summed E-state index contributed by atoms with van der Waals surface area (Å²) < 4.78 is 33.3. The molecule has 0 spiro atoms. The minimum atomic E-state index is -4.57. The molecular formula is C14H11O4S-. The maximum Gasteiger partial charge on any atom is 0.193 e. The van der Waals surface area contributed by atoms with Gasteiger partial charge in [0.1, 0.15) is 10.1 Å². The van der Waals surface area contributed by atoms with Crippen molar-refractivity contribution in [1.82, 2.24) is 0 Å². The number of benzene rings is 2. The zero-order valence-electron chi connectivity index (χ0n) is 10.2. The lowest BCUT2D eigenvalue weighted by Crippen LogP contribution is -2.06. The van der Waals surface area contributed by atoms with Crippen LogP contribution in [0.15, 0.2) is 53.4 Å². The molecule has 0 aliphatic rings. The van der Waals surface area contributed by atoms with E-state index in [0.717, 1.165) is 6.07 Å². The lowest BCUT2D eigenvalue weighted by Gasteiger charge is -2.11. The second-order valence-electron chi connectivity index (χ2n) is 4.13. The van der Waals surface area contributed by atoms with Crippen LogP contribution in [0.4, 0.5) is 0 Å². The van der Waals surface area contributed by atoms with E-state index in [9.17, 15) is 17.8 Å². The molecule has 0 aliphatic heterocycles. The molecule has 0 radical (unpaired) electrons. The average molecular weight is 275 g/mol.